The van der Waals surface area contributed by atoms with Gasteiger partial charge in [-0.15, -0.1) is 0 Å². The van der Waals surface area contributed by atoms with Crippen LogP contribution in [0.5, 0.6) is 5.75 Å². The average Bonchev–Trinajstić information content (AvgIpc) is 2.06. The fourth-order valence-corrected chi connectivity index (χ4v) is 1.05. The highest BCUT2D eigenvalue weighted by molar-refractivity contribution is 5.34. The summed E-state index contributed by atoms with van der Waals surface area (Å²) in [7, 11) is 0. The zero-order valence-corrected chi connectivity index (χ0v) is 5.79. The van der Waals surface area contributed by atoms with Crippen LogP contribution in [-0.2, 0) is 4.74 Å². The number of alkyl halides is 1. The Labute approximate surface area is 63.5 Å². The monoisotopic (exact) mass is 154 g/mol. The van der Waals surface area contributed by atoms with Gasteiger partial charge < -0.3 is 9.47 Å². The maximum atomic E-state index is 12.9. The summed E-state index contributed by atoms with van der Waals surface area (Å²) in [6, 6.07) is 6.93. The summed E-state index contributed by atoms with van der Waals surface area (Å²) in [5.74, 6) is 0.575. The van der Waals surface area contributed by atoms with Gasteiger partial charge in [0.15, 0.2) is 6.79 Å². The molecule has 0 aromatic heterocycles. The topological polar surface area (TPSA) is 18.5 Å². The minimum absolute atomic E-state index is 0.00181. The highest BCUT2D eigenvalue weighted by Gasteiger charge is 2.19. The largest absolute Gasteiger partial charge is 0.467 e. The number of fused-ring (bicyclic) bond motifs is 1. The van der Waals surface area contributed by atoms with Crippen LogP contribution in [0.1, 0.15) is 11.9 Å². The summed E-state index contributed by atoms with van der Waals surface area (Å²) in [5.41, 5.74) is 0.471. The summed E-state index contributed by atoms with van der Waals surface area (Å²) in [5, 5.41) is 0. The fourth-order valence-electron chi connectivity index (χ4n) is 1.05. The first-order valence-corrected chi connectivity index (χ1v) is 3.35. The van der Waals surface area contributed by atoms with E-state index in [1.54, 1.807) is 24.3 Å². The predicted molar refractivity (Wildman–Crippen MR) is 36.9 cm³/mol. The summed E-state index contributed by atoms with van der Waals surface area (Å²) in [4.78, 5) is 0. The zero-order chi connectivity index (χ0) is 7.68. The van der Waals surface area contributed by atoms with E-state index in [9.17, 15) is 4.39 Å². The second-order valence-electron chi connectivity index (χ2n) is 2.28. The molecule has 0 saturated carbocycles. The van der Waals surface area contributed by atoms with Crippen molar-refractivity contribution in [3.63, 3.8) is 0 Å². The zero-order valence-electron chi connectivity index (χ0n) is 5.79. The van der Waals surface area contributed by atoms with E-state index in [1.807, 2.05) is 0 Å². The van der Waals surface area contributed by atoms with Crippen molar-refractivity contribution >= 4 is 0 Å². The summed E-state index contributed by atoms with van der Waals surface area (Å²) >= 11 is 0. The highest BCUT2D eigenvalue weighted by Crippen LogP contribution is 2.31. The first kappa shape index (κ1) is 6.61. The van der Waals surface area contributed by atoms with Crippen molar-refractivity contribution in [3.05, 3.63) is 29.8 Å². The van der Waals surface area contributed by atoms with E-state index < -0.39 is 6.36 Å². The number of hydrogen-bond acceptors (Lipinski definition) is 2. The molecule has 1 unspecified atom stereocenters. The number of benzene rings is 1. The van der Waals surface area contributed by atoms with Crippen LogP contribution in [0.25, 0.3) is 0 Å². The Morgan fingerprint density at radius 2 is 2.18 bits per heavy atom. The second kappa shape index (κ2) is 2.51. The number of para-hydroxylation sites is 1. The summed E-state index contributed by atoms with van der Waals surface area (Å²) in [6.07, 6.45) is -1.33. The van der Waals surface area contributed by atoms with Gasteiger partial charge >= 0.3 is 0 Å². The Balaban J connectivity index is 2.44. The molecule has 0 aliphatic carbocycles. The standard InChI is InChI=1S/C8H7FO2/c9-8-6-3-1-2-4-7(6)10-5-11-8/h1-4,8H,5H2. The molecule has 3 heteroatoms. The second-order valence-corrected chi connectivity index (χ2v) is 2.28. The van der Waals surface area contributed by atoms with E-state index in [0.717, 1.165) is 0 Å². The minimum Gasteiger partial charge on any atom is -0.467 e. The van der Waals surface area contributed by atoms with Gasteiger partial charge in [0.2, 0.25) is 6.36 Å². The van der Waals surface area contributed by atoms with E-state index in [4.69, 9.17) is 4.74 Å². The molecule has 0 radical (unpaired) electrons. The molecule has 1 atom stereocenters. The van der Waals surface area contributed by atoms with E-state index >= 15 is 0 Å². The third-order valence-electron chi connectivity index (χ3n) is 1.59. The molecule has 0 spiro atoms. The van der Waals surface area contributed by atoms with Crippen LogP contribution < -0.4 is 4.74 Å². The van der Waals surface area contributed by atoms with Crippen LogP contribution in [-0.4, -0.2) is 6.79 Å². The van der Waals surface area contributed by atoms with Gasteiger partial charge in [0, 0.05) is 0 Å². The lowest BCUT2D eigenvalue weighted by atomic mass is 10.2. The fraction of sp³-hybridized carbons (Fsp3) is 0.250. The van der Waals surface area contributed by atoms with Crippen molar-refractivity contribution in [3.8, 4) is 5.75 Å². The molecule has 0 bridgehead atoms. The van der Waals surface area contributed by atoms with Crippen molar-refractivity contribution in [1.29, 1.82) is 0 Å². The molecule has 2 rings (SSSR count). The Morgan fingerprint density at radius 3 is 3.00 bits per heavy atom. The Kier molecular flexibility index (Phi) is 1.51. The van der Waals surface area contributed by atoms with Crippen molar-refractivity contribution < 1.29 is 13.9 Å². The van der Waals surface area contributed by atoms with Gasteiger partial charge in [-0.3, -0.25) is 0 Å². The van der Waals surface area contributed by atoms with Gasteiger partial charge in [-0.05, 0) is 12.1 Å². The van der Waals surface area contributed by atoms with Gasteiger partial charge in [-0.2, -0.15) is 0 Å². The van der Waals surface area contributed by atoms with E-state index in [0.29, 0.717) is 11.3 Å². The molecular formula is C8H7FO2. The SMILES string of the molecule is FC1OCOc2ccccc21. The third kappa shape index (κ3) is 1.07. The van der Waals surface area contributed by atoms with Gasteiger partial charge in [0.1, 0.15) is 5.75 Å². The van der Waals surface area contributed by atoms with E-state index in [2.05, 4.69) is 4.74 Å². The average molecular weight is 154 g/mol. The van der Waals surface area contributed by atoms with Crippen LogP contribution in [0.15, 0.2) is 24.3 Å². The Morgan fingerprint density at radius 1 is 1.36 bits per heavy atom. The smallest absolute Gasteiger partial charge is 0.231 e. The molecule has 1 aromatic carbocycles. The molecule has 11 heavy (non-hydrogen) atoms. The normalized spacial score (nSPS) is 22.1. The van der Waals surface area contributed by atoms with Crippen molar-refractivity contribution in [1.82, 2.24) is 0 Å². The van der Waals surface area contributed by atoms with Crippen LogP contribution in [0.2, 0.25) is 0 Å². The molecule has 1 aliphatic rings. The maximum Gasteiger partial charge on any atom is 0.231 e. The first-order valence-electron chi connectivity index (χ1n) is 3.35. The van der Waals surface area contributed by atoms with Gasteiger partial charge in [-0.25, -0.2) is 4.39 Å². The van der Waals surface area contributed by atoms with Crippen molar-refractivity contribution in [2.24, 2.45) is 0 Å². The third-order valence-corrected chi connectivity index (χ3v) is 1.59. The quantitative estimate of drug-likeness (QED) is 0.569. The first-order chi connectivity index (χ1) is 5.38. The number of halogens is 1. The Bertz CT molecular complexity index is 262. The maximum absolute atomic E-state index is 12.9. The molecule has 1 aliphatic heterocycles. The Hall–Kier alpha value is -1.09. The van der Waals surface area contributed by atoms with Gasteiger partial charge in [0.05, 0.1) is 5.56 Å². The predicted octanol–water partition coefficient (Wildman–Crippen LogP) is 2.02. The molecule has 0 fully saturated rings. The van der Waals surface area contributed by atoms with Crippen LogP contribution in [0.4, 0.5) is 4.39 Å². The van der Waals surface area contributed by atoms with Crippen molar-refractivity contribution in [2.75, 3.05) is 6.79 Å². The lowest BCUT2D eigenvalue weighted by Gasteiger charge is -2.20. The molecule has 58 valence electrons. The molecule has 1 aromatic rings. The number of hydrogen-bond donors (Lipinski definition) is 0. The molecular weight excluding hydrogens is 147 g/mol. The molecule has 1 heterocycles. The van der Waals surface area contributed by atoms with Gasteiger partial charge in [0.25, 0.3) is 0 Å². The summed E-state index contributed by atoms with van der Waals surface area (Å²) in [6.45, 7) is -0.00181. The molecule has 0 N–H and O–H groups in total. The van der Waals surface area contributed by atoms with Crippen LogP contribution in [0, 0.1) is 0 Å². The van der Waals surface area contributed by atoms with E-state index in [1.165, 1.54) is 0 Å². The molecule has 0 amide bonds. The number of rotatable bonds is 0. The van der Waals surface area contributed by atoms with E-state index in [-0.39, 0.29) is 6.79 Å². The lowest BCUT2D eigenvalue weighted by Crippen LogP contribution is -2.13. The van der Waals surface area contributed by atoms with Gasteiger partial charge in [-0.1, -0.05) is 12.1 Å². The van der Waals surface area contributed by atoms with Crippen molar-refractivity contribution in [2.45, 2.75) is 6.36 Å². The highest BCUT2D eigenvalue weighted by atomic mass is 19.1. The number of ether oxygens (including phenoxy) is 2. The summed E-state index contributed by atoms with van der Waals surface area (Å²) < 4.78 is 22.5. The molecule has 0 saturated heterocycles. The minimum atomic E-state index is -1.33. The van der Waals surface area contributed by atoms with Crippen LogP contribution in [0.3, 0.4) is 0 Å². The van der Waals surface area contributed by atoms with Crippen LogP contribution >= 0.6 is 0 Å². The lowest BCUT2D eigenvalue weighted by molar-refractivity contribution is -0.120. The molecule has 2 nitrogen and oxygen atoms in total.